The number of nitrogens with zero attached hydrogens (tertiary/aromatic N) is 1. The van der Waals surface area contributed by atoms with Crippen molar-refractivity contribution < 1.29 is 28.6 Å². The lowest BCUT2D eigenvalue weighted by atomic mass is 10.2. The molecule has 0 bridgehead atoms. The minimum atomic E-state index is -0.714. The highest BCUT2D eigenvalue weighted by molar-refractivity contribution is 7.16. The van der Waals surface area contributed by atoms with Gasteiger partial charge in [-0.25, -0.2) is 14.6 Å². The Kier molecular flexibility index (Phi) is 8.56. The van der Waals surface area contributed by atoms with Crippen LogP contribution in [0.2, 0.25) is 0 Å². The first-order valence-electron chi connectivity index (χ1n) is 10.3. The topological polar surface area (TPSA) is 104 Å². The van der Waals surface area contributed by atoms with E-state index in [4.69, 9.17) is 14.2 Å². The average molecular weight is 489 g/mol. The normalized spacial score (nSPS) is 10.5. The number of ether oxygens (including phenoxy) is 3. The molecule has 0 aliphatic carbocycles. The van der Waals surface area contributed by atoms with Crippen LogP contribution in [0.25, 0.3) is 0 Å². The number of thiazole rings is 1. The molecule has 10 heteroatoms. The smallest absolute Gasteiger partial charge is 0.358 e. The molecule has 0 saturated carbocycles. The van der Waals surface area contributed by atoms with Crippen molar-refractivity contribution in [3.63, 3.8) is 0 Å². The van der Waals surface area contributed by atoms with Crippen LogP contribution in [-0.4, -0.2) is 36.0 Å². The third kappa shape index (κ3) is 6.87. The summed E-state index contributed by atoms with van der Waals surface area (Å²) in [5.74, 6) is -1.08. The Morgan fingerprint density at radius 3 is 2.52 bits per heavy atom. The van der Waals surface area contributed by atoms with Crippen LogP contribution in [0.1, 0.15) is 50.1 Å². The van der Waals surface area contributed by atoms with Crippen LogP contribution in [0, 0.1) is 6.92 Å². The Balaban J connectivity index is 1.52. The number of nitrogens with one attached hydrogen (secondary N) is 1. The zero-order valence-corrected chi connectivity index (χ0v) is 20.1. The second-order valence-electron chi connectivity index (χ2n) is 6.88. The number of hydrogen-bond donors (Lipinski definition) is 1. The van der Waals surface area contributed by atoms with Crippen LogP contribution < -0.4 is 10.1 Å². The highest BCUT2D eigenvalue weighted by Gasteiger charge is 2.20. The van der Waals surface area contributed by atoms with Gasteiger partial charge in [0, 0.05) is 10.3 Å². The summed E-state index contributed by atoms with van der Waals surface area (Å²) >= 11 is 2.55. The Morgan fingerprint density at radius 1 is 1.06 bits per heavy atom. The maximum Gasteiger partial charge on any atom is 0.358 e. The lowest BCUT2D eigenvalue weighted by Crippen LogP contribution is -2.21. The molecule has 0 spiro atoms. The number of esters is 2. The number of rotatable bonds is 10. The van der Waals surface area contributed by atoms with E-state index in [9.17, 15) is 14.4 Å². The van der Waals surface area contributed by atoms with Gasteiger partial charge in [-0.3, -0.25) is 4.79 Å². The monoisotopic (exact) mass is 488 g/mol. The molecule has 3 aromatic rings. The molecular formula is C23H24N2O6S2. The summed E-state index contributed by atoms with van der Waals surface area (Å²) in [5, 5.41) is 5.16. The summed E-state index contributed by atoms with van der Waals surface area (Å²) in [5.41, 5.74) is 1.52. The molecule has 174 valence electrons. The fourth-order valence-electron chi connectivity index (χ4n) is 2.69. The third-order valence-electron chi connectivity index (χ3n) is 4.36. The van der Waals surface area contributed by atoms with E-state index in [1.54, 1.807) is 18.4 Å². The summed E-state index contributed by atoms with van der Waals surface area (Å²) in [4.78, 5) is 41.8. The summed E-state index contributed by atoms with van der Waals surface area (Å²) in [6, 6.07) is 9.31. The van der Waals surface area contributed by atoms with Crippen molar-refractivity contribution in [1.82, 2.24) is 4.98 Å². The van der Waals surface area contributed by atoms with Crippen molar-refractivity contribution >= 4 is 45.5 Å². The maximum atomic E-state index is 12.3. The van der Waals surface area contributed by atoms with Crippen molar-refractivity contribution in [2.75, 3.05) is 18.5 Å². The minimum Gasteiger partial charge on any atom is -0.486 e. The molecule has 33 heavy (non-hydrogen) atoms. The Hall–Kier alpha value is -3.24. The number of carbonyl (C=O) groups excluding carboxylic acids is 3. The van der Waals surface area contributed by atoms with Crippen molar-refractivity contribution in [3.05, 3.63) is 62.4 Å². The number of benzene rings is 1. The van der Waals surface area contributed by atoms with Gasteiger partial charge in [0.2, 0.25) is 0 Å². The van der Waals surface area contributed by atoms with Gasteiger partial charge in [-0.05, 0) is 38.5 Å². The Morgan fingerprint density at radius 2 is 1.82 bits per heavy atom. The van der Waals surface area contributed by atoms with Gasteiger partial charge >= 0.3 is 11.9 Å². The second kappa shape index (κ2) is 11.6. The molecule has 0 atom stereocenters. The first-order valence-corrected chi connectivity index (χ1v) is 12.0. The molecule has 1 aromatic carbocycles. The number of anilines is 1. The van der Waals surface area contributed by atoms with Crippen molar-refractivity contribution in [2.45, 2.75) is 33.8 Å². The fraction of sp³-hybridized carbons (Fsp3) is 0.304. The maximum absolute atomic E-state index is 12.3. The first kappa shape index (κ1) is 24.4. The van der Waals surface area contributed by atoms with E-state index in [1.807, 2.05) is 38.1 Å². The number of carbonyl (C=O) groups is 3. The third-order valence-corrected chi connectivity index (χ3v) is 6.38. The van der Waals surface area contributed by atoms with Gasteiger partial charge in [0.25, 0.3) is 5.91 Å². The van der Waals surface area contributed by atoms with Gasteiger partial charge in [-0.1, -0.05) is 24.6 Å². The quantitative estimate of drug-likeness (QED) is 0.415. The predicted molar refractivity (Wildman–Crippen MR) is 126 cm³/mol. The number of aryl methyl sites for hydroxylation is 2. The molecule has 1 amide bonds. The summed E-state index contributed by atoms with van der Waals surface area (Å²) in [6.45, 7) is 5.59. The van der Waals surface area contributed by atoms with Gasteiger partial charge < -0.3 is 19.5 Å². The molecule has 0 saturated heterocycles. The Labute approximate surface area is 199 Å². The van der Waals surface area contributed by atoms with E-state index in [-0.39, 0.29) is 24.5 Å². The average Bonchev–Trinajstić information content (AvgIpc) is 3.44. The number of thiophene rings is 1. The second-order valence-corrected chi connectivity index (χ2v) is 8.96. The van der Waals surface area contributed by atoms with Crippen LogP contribution >= 0.6 is 22.7 Å². The van der Waals surface area contributed by atoms with Crippen molar-refractivity contribution in [1.29, 1.82) is 0 Å². The van der Waals surface area contributed by atoms with Gasteiger partial charge in [0.15, 0.2) is 12.3 Å². The minimum absolute atomic E-state index is 0.104. The van der Waals surface area contributed by atoms with Gasteiger partial charge in [0.1, 0.15) is 22.4 Å². The highest BCUT2D eigenvalue weighted by atomic mass is 32.1. The molecule has 1 N–H and O–H groups in total. The summed E-state index contributed by atoms with van der Waals surface area (Å²) < 4.78 is 15.8. The molecule has 8 nitrogen and oxygen atoms in total. The summed E-state index contributed by atoms with van der Waals surface area (Å²) in [7, 11) is 0. The molecule has 0 aliphatic heterocycles. The SMILES string of the molecule is CCOC(=O)c1cc(CC)sc1NC(=O)COC(=O)c1csc(COc2ccc(C)cc2)n1. The number of aromatic nitrogens is 1. The lowest BCUT2D eigenvalue weighted by molar-refractivity contribution is -0.119. The standard InChI is InChI=1S/C23H24N2O6S2/c1-4-16-10-17(22(27)29-5-2)21(33-16)25-19(26)11-31-23(28)18-13-32-20(24-18)12-30-15-8-6-14(3)7-9-15/h6-10,13H,4-5,11-12H2,1-3H3,(H,25,26). The molecular weight excluding hydrogens is 464 g/mol. The van der Waals surface area contributed by atoms with E-state index in [0.717, 1.165) is 10.4 Å². The van der Waals surface area contributed by atoms with E-state index >= 15 is 0 Å². The van der Waals surface area contributed by atoms with E-state index in [0.29, 0.717) is 22.2 Å². The molecule has 0 unspecified atom stereocenters. The molecule has 2 aromatic heterocycles. The van der Waals surface area contributed by atoms with Crippen molar-refractivity contribution in [2.24, 2.45) is 0 Å². The van der Waals surface area contributed by atoms with Crippen LogP contribution in [-0.2, 0) is 27.3 Å². The molecule has 0 aliphatic rings. The van der Waals surface area contributed by atoms with Crippen LogP contribution in [0.15, 0.2) is 35.7 Å². The Bertz CT molecular complexity index is 1120. The van der Waals surface area contributed by atoms with Crippen LogP contribution in [0.3, 0.4) is 0 Å². The predicted octanol–water partition coefficient (Wildman–Crippen LogP) is 4.63. The number of hydrogen-bond acceptors (Lipinski definition) is 9. The van der Waals surface area contributed by atoms with Crippen molar-refractivity contribution in [3.8, 4) is 5.75 Å². The first-order chi connectivity index (χ1) is 15.9. The molecule has 2 heterocycles. The molecule has 0 fully saturated rings. The number of amides is 1. The molecule has 3 rings (SSSR count). The van der Waals surface area contributed by atoms with Crippen LogP contribution in [0.4, 0.5) is 5.00 Å². The van der Waals surface area contributed by atoms with E-state index in [1.165, 1.54) is 22.7 Å². The molecule has 0 radical (unpaired) electrons. The van der Waals surface area contributed by atoms with Crippen LogP contribution in [0.5, 0.6) is 5.75 Å². The largest absolute Gasteiger partial charge is 0.486 e. The van der Waals surface area contributed by atoms with Gasteiger partial charge in [0.05, 0.1) is 12.2 Å². The summed E-state index contributed by atoms with van der Waals surface area (Å²) in [6.07, 6.45) is 0.710. The lowest BCUT2D eigenvalue weighted by Gasteiger charge is -2.06. The van der Waals surface area contributed by atoms with E-state index in [2.05, 4.69) is 10.3 Å². The van der Waals surface area contributed by atoms with E-state index < -0.39 is 24.5 Å². The van der Waals surface area contributed by atoms with Gasteiger partial charge in [-0.15, -0.1) is 22.7 Å². The zero-order valence-electron chi connectivity index (χ0n) is 18.5. The van der Waals surface area contributed by atoms with Gasteiger partial charge in [-0.2, -0.15) is 0 Å². The fourth-order valence-corrected chi connectivity index (χ4v) is 4.36. The highest BCUT2D eigenvalue weighted by Crippen LogP contribution is 2.29. The zero-order chi connectivity index (χ0) is 23.8.